The molecule has 0 spiro atoms. The third kappa shape index (κ3) is 5.01. The van der Waals surface area contributed by atoms with E-state index in [1.807, 2.05) is 18.2 Å². The van der Waals surface area contributed by atoms with Gasteiger partial charge in [0.1, 0.15) is 0 Å². The van der Waals surface area contributed by atoms with Crippen molar-refractivity contribution in [1.29, 1.82) is 0 Å². The van der Waals surface area contributed by atoms with E-state index in [0.717, 1.165) is 43.0 Å². The Kier molecular flexibility index (Phi) is 6.38. The summed E-state index contributed by atoms with van der Waals surface area (Å²) >= 11 is 0. The van der Waals surface area contributed by atoms with Gasteiger partial charge in [-0.25, -0.2) is 13.6 Å². The van der Waals surface area contributed by atoms with Gasteiger partial charge in [0.2, 0.25) is 10.0 Å². The molecule has 0 bridgehead atoms. The highest BCUT2D eigenvalue weighted by Gasteiger charge is 2.31. The van der Waals surface area contributed by atoms with Gasteiger partial charge < -0.3 is 19.1 Å². The maximum Gasteiger partial charge on any atom is 0.312 e. The van der Waals surface area contributed by atoms with Crippen molar-refractivity contribution >= 4 is 21.6 Å². The van der Waals surface area contributed by atoms with Crippen molar-refractivity contribution < 1.29 is 32.3 Å². The summed E-state index contributed by atoms with van der Waals surface area (Å²) in [7, 11) is -4.12. The maximum atomic E-state index is 12.9. The summed E-state index contributed by atoms with van der Waals surface area (Å²) in [5, 5.41) is 16.4. The van der Waals surface area contributed by atoms with Gasteiger partial charge in [0.15, 0.2) is 23.9 Å². The number of nitro benzene ring substituents is 1. The van der Waals surface area contributed by atoms with Crippen molar-refractivity contribution in [3.63, 3.8) is 0 Å². The number of amides is 1. The number of hydrogen-bond donors (Lipinski definition) is 1. The normalized spacial score (nSPS) is 18.0. The lowest BCUT2D eigenvalue weighted by molar-refractivity contribution is -0.386. The van der Waals surface area contributed by atoms with E-state index in [4.69, 9.17) is 19.3 Å². The van der Waals surface area contributed by atoms with Crippen molar-refractivity contribution in [3.05, 3.63) is 52.1 Å². The average Bonchev–Trinajstić information content (AvgIpc) is 3.15. The highest BCUT2D eigenvalue weighted by molar-refractivity contribution is 7.89. The van der Waals surface area contributed by atoms with Crippen LogP contribution >= 0.6 is 0 Å². The second-order valence-corrected chi connectivity index (χ2v) is 9.28. The lowest BCUT2D eigenvalue weighted by Gasteiger charge is -2.25. The predicted molar refractivity (Wildman–Crippen MR) is 116 cm³/mol. The van der Waals surface area contributed by atoms with E-state index in [1.165, 1.54) is 0 Å². The van der Waals surface area contributed by atoms with Crippen molar-refractivity contribution in [1.82, 2.24) is 4.90 Å². The van der Waals surface area contributed by atoms with Crippen LogP contribution < -0.4 is 19.3 Å². The van der Waals surface area contributed by atoms with Crippen LogP contribution in [0.5, 0.6) is 17.2 Å². The molecule has 2 aliphatic heterocycles. The molecule has 1 amide bonds. The molecule has 2 heterocycles. The number of primary sulfonamides is 1. The van der Waals surface area contributed by atoms with E-state index >= 15 is 0 Å². The molecular formula is C21H23N3O8S. The zero-order valence-electron chi connectivity index (χ0n) is 17.6. The molecule has 1 fully saturated rings. The largest absolute Gasteiger partial charge is 0.490 e. The number of nitro groups is 1. The standard InChI is InChI=1S/C21H23N3O8S/c22-33(28,29)15-5-7-18(17(12-15)24(26)27)32-13-21(25)23-8-1-3-16(23)14-4-6-19-20(11-14)31-10-2-9-30-19/h4-7,11-12,16H,1-3,8-10,13H2,(H2,22,28,29). The predicted octanol–water partition coefficient (Wildman–Crippen LogP) is 2.15. The highest BCUT2D eigenvalue weighted by atomic mass is 32.2. The molecule has 1 atom stereocenters. The van der Waals surface area contributed by atoms with Crippen LogP contribution in [0.3, 0.4) is 0 Å². The molecule has 2 aromatic carbocycles. The van der Waals surface area contributed by atoms with Crippen molar-refractivity contribution in [3.8, 4) is 17.2 Å². The summed E-state index contributed by atoms with van der Waals surface area (Å²) in [5.74, 6) is 0.762. The minimum Gasteiger partial charge on any atom is -0.490 e. The van der Waals surface area contributed by atoms with Crippen LogP contribution in [0, 0.1) is 10.1 Å². The molecule has 33 heavy (non-hydrogen) atoms. The Bertz CT molecular complexity index is 1180. The monoisotopic (exact) mass is 477 g/mol. The van der Waals surface area contributed by atoms with E-state index in [2.05, 4.69) is 0 Å². The Labute approximate surface area is 190 Å². The smallest absolute Gasteiger partial charge is 0.312 e. The van der Waals surface area contributed by atoms with Gasteiger partial charge in [-0.1, -0.05) is 6.07 Å². The average molecular weight is 477 g/mol. The van der Waals surface area contributed by atoms with E-state index in [1.54, 1.807) is 4.90 Å². The number of sulfonamides is 1. The number of carbonyl (C=O) groups is 1. The Hall–Kier alpha value is -3.38. The first-order chi connectivity index (χ1) is 15.7. The van der Waals surface area contributed by atoms with Gasteiger partial charge in [0, 0.05) is 19.0 Å². The summed E-state index contributed by atoms with van der Waals surface area (Å²) in [6, 6.07) is 8.47. The maximum absolute atomic E-state index is 12.9. The Morgan fingerprint density at radius 1 is 1.15 bits per heavy atom. The van der Waals surface area contributed by atoms with Crippen LogP contribution in [0.2, 0.25) is 0 Å². The summed E-state index contributed by atoms with van der Waals surface area (Å²) in [5.41, 5.74) is 0.323. The fourth-order valence-corrected chi connectivity index (χ4v) is 4.49. The lowest BCUT2D eigenvalue weighted by Crippen LogP contribution is -2.34. The van der Waals surface area contributed by atoms with Crippen LogP contribution in [0.1, 0.15) is 30.9 Å². The molecule has 4 rings (SSSR count). The number of benzene rings is 2. The zero-order valence-corrected chi connectivity index (χ0v) is 18.5. The summed E-state index contributed by atoms with van der Waals surface area (Å²) in [4.78, 5) is 24.7. The molecule has 0 radical (unpaired) electrons. The Morgan fingerprint density at radius 3 is 2.64 bits per heavy atom. The van der Waals surface area contributed by atoms with Crippen LogP contribution in [0.15, 0.2) is 41.3 Å². The summed E-state index contributed by atoms with van der Waals surface area (Å²) < 4.78 is 39.8. The molecule has 0 aliphatic carbocycles. The molecular weight excluding hydrogens is 454 g/mol. The number of ether oxygens (including phenoxy) is 3. The molecule has 2 aromatic rings. The second-order valence-electron chi connectivity index (χ2n) is 7.72. The molecule has 1 unspecified atom stereocenters. The second kappa shape index (κ2) is 9.24. The number of nitrogens with zero attached hydrogens (tertiary/aromatic N) is 2. The molecule has 2 aliphatic rings. The Balaban J connectivity index is 1.49. The van der Waals surface area contributed by atoms with Crippen molar-refractivity contribution in [2.24, 2.45) is 5.14 Å². The molecule has 0 saturated carbocycles. The van der Waals surface area contributed by atoms with Gasteiger partial charge >= 0.3 is 5.69 Å². The van der Waals surface area contributed by atoms with E-state index < -0.39 is 32.1 Å². The number of rotatable bonds is 6. The Morgan fingerprint density at radius 2 is 1.91 bits per heavy atom. The van der Waals surface area contributed by atoms with Crippen molar-refractivity contribution in [2.75, 3.05) is 26.4 Å². The van der Waals surface area contributed by atoms with Crippen LogP contribution in [-0.2, 0) is 14.8 Å². The minimum absolute atomic E-state index is 0.182. The number of carbonyl (C=O) groups excluding carboxylic acids is 1. The fourth-order valence-electron chi connectivity index (χ4n) is 3.96. The lowest BCUT2D eigenvalue weighted by atomic mass is 10.0. The van der Waals surface area contributed by atoms with Crippen molar-refractivity contribution in [2.45, 2.75) is 30.2 Å². The molecule has 1 saturated heterocycles. The van der Waals surface area contributed by atoms with E-state index in [-0.39, 0.29) is 17.7 Å². The molecule has 11 nitrogen and oxygen atoms in total. The highest BCUT2D eigenvalue weighted by Crippen LogP contribution is 2.38. The summed E-state index contributed by atoms with van der Waals surface area (Å²) in [6.45, 7) is 1.23. The van der Waals surface area contributed by atoms with Gasteiger partial charge in [-0.3, -0.25) is 14.9 Å². The topological polar surface area (TPSA) is 151 Å². The van der Waals surface area contributed by atoms with Gasteiger partial charge in [-0.15, -0.1) is 0 Å². The SMILES string of the molecule is NS(=O)(=O)c1ccc(OCC(=O)N2CCCC2c2ccc3c(c2)OCCCO3)c([N+](=O)[O-])c1. The van der Waals surface area contributed by atoms with Crippen LogP contribution in [0.4, 0.5) is 5.69 Å². The van der Waals surface area contributed by atoms with Gasteiger partial charge in [-0.05, 0) is 42.7 Å². The number of hydrogen-bond acceptors (Lipinski definition) is 8. The number of nitrogens with two attached hydrogens (primary N) is 1. The fraction of sp³-hybridized carbons (Fsp3) is 0.381. The first-order valence-corrected chi connectivity index (χ1v) is 11.9. The molecule has 12 heteroatoms. The zero-order chi connectivity index (χ0) is 23.6. The van der Waals surface area contributed by atoms with E-state index in [0.29, 0.717) is 31.3 Å². The number of fused-ring (bicyclic) bond motifs is 1. The molecule has 176 valence electrons. The number of likely N-dealkylation sites (tertiary alicyclic amines) is 1. The molecule has 0 aromatic heterocycles. The molecule has 2 N–H and O–H groups in total. The summed E-state index contributed by atoms with van der Waals surface area (Å²) in [6.07, 6.45) is 2.35. The third-order valence-electron chi connectivity index (χ3n) is 5.54. The first kappa shape index (κ1) is 22.8. The van der Waals surface area contributed by atoms with E-state index in [9.17, 15) is 23.3 Å². The van der Waals surface area contributed by atoms with Gasteiger partial charge in [-0.2, -0.15) is 0 Å². The minimum atomic E-state index is -4.12. The quantitative estimate of drug-likeness (QED) is 0.491. The third-order valence-corrected chi connectivity index (χ3v) is 6.45. The van der Waals surface area contributed by atoms with Gasteiger partial charge in [0.25, 0.3) is 5.91 Å². The van der Waals surface area contributed by atoms with Gasteiger partial charge in [0.05, 0.1) is 29.1 Å². The van der Waals surface area contributed by atoms with Crippen LogP contribution in [-0.4, -0.2) is 50.5 Å². The van der Waals surface area contributed by atoms with Crippen LogP contribution in [0.25, 0.3) is 0 Å². The first-order valence-electron chi connectivity index (χ1n) is 10.4.